The van der Waals surface area contributed by atoms with Crippen LogP contribution >= 0.6 is 0 Å². The molecule has 0 amide bonds. The van der Waals surface area contributed by atoms with Crippen LogP contribution in [0, 0.1) is 5.82 Å². The number of nitrogens with one attached hydrogen (secondary N) is 1. The zero-order valence-electron chi connectivity index (χ0n) is 15.2. The summed E-state index contributed by atoms with van der Waals surface area (Å²) in [5.74, 6) is 0.541. The van der Waals surface area contributed by atoms with Crippen LogP contribution in [0.25, 0.3) is 0 Å². The second-order valence-corrected chi connectivity index (χ2v) is 6.69. The minimum atomic E-state index is -0.207. The van der Waals surface area contributed by atoms with Gasteiger partial charge in [0.2, 0.25) is 0 Å². The molecule has 4 nitrogen and oxygen atoms in total. The van der Waals surface area contributed by atoms with Gasteiger partial charge in [-0.25, -0.2) is 4.39 Å². The van der Waals surface area contributed by atoms with Crippen LogP contribution in [0.5, 0.6) is 11.5 Å². The standard InChI is InChI=1S/C21H25FN2O2/c1-3-4-16-13-17(21(25)20(14-16)26-2)15-23-9-11-24(12-10-23)19-7-5-18(22)6-8-19/h3,5-8,13-14,25H,1,4,9-12,15H2,2H3/p+1. The number of aromatic hydroxyl groups is 1. The van der Waals surface area contributed by atoms with Gasteiger partial charge in [-0.15, -0.1) is 6.58 Å². The number of halogens is 1. The molecular weight excluding hydrogens is 331 g/mol. The van der Waals surface area contributed by atoms with Crippen LogP contribution < -0.4 is 14.5 Å². The van der Waals surface area contributed by atoms with Crippen LogP contribution in [-0.2, 0) is 13.0 Å². The molecular formula is C21H26FN2O2+. The Bertz CT molecular complexity index is 753. The van der Waals surface area contributed by atoms with Crippen LogP contribution in [0.2, 0.25) is 0 Å². The van der Waals surface area contributed by atoms with Crippen molar-refractivity contribution in [2.45, 2.75) is 13.0 Å². The van der Waals surface area contributed by atoms with Gasteiger partial charge in [-0.3, -0.25) is 0 Å². The summed E-state index contributed by atoms with van der Waals surface area (Å²) in [6.45, 7) is 8.28. The zero-order valence-corrected chi connectivity index (χ0v) is 15.2. The van der Waals surface area contributed by atoms with Crippen molar-refractivity contribution in [1.82, 2.24) is 0 Å². The second-order valence-electron chi connectivity index (χ2n) is 6.69. The van der Waals surface area contributed by atoms with Crippen LogP contribution in [0.3, 0.4) is 0 Å². The summed E-state index contributed by atoms with van der Waals surface area (Å²) in [4.78, 5) is 3.69. The van der Waals surface area contributed by atoms with Crippen molar-refractivity contribution >= 4 is 5.69 Å². The Kier molecular flexibility index (Phi) is 5.78. The summed E-state index contributed by atoms with van der Waals surface area (Å²) in [5.41, 5.74) is 3.06. The summed E-state index contributed by atoms with van der Waals surface area (Å²) < 4.78 is 18.4. The first kappa shape index (κ1) is 18.3. The highest BCUT2D eigenvalue weighted by molar-refractivity contribution is 5.49. The Morgan fingerprint density at radius 1 is 1.23 bits per heavy atom. The number of phenolic OH excluding ortho intramolecular Hbond substituents is 1. The molecule has 3 rings (SSSR count). The van der Waals surface area contributed by atoms with E-state index in [4.69, 9.17) is 4.74 Å². The van der Waals surface area contributed by atoms with Gasteiger partial charge in [-0.2, -0.15) is 0 Å². The Labute approximate surface area is 154 Å². The predicted molar refractivity (Wildman–Crippen MR) is 102 cm³/mol. The lowest BCUT2D eigenvalue weighted by Crippen LogP contribution is -3.13. The Morgan fingerprint density at radius 3 is 2.54 bits per heavy atom. The van der Waals surface area contributed by atoms with E-state index in [0.717, 1.165) is 56.0 Å². The van der Waals surface area contributed by atoms with Crippen molar-refractivity contribution in [3.63, 3.8) is 0 Å². The van der Waals surface area contributed by atoms with E-state index < -0.39 is 0 Å². The summed E-state index contributed by atoms with van der Waals surface area (Å²) in [7, 11) is 1.57. The van der Waals surface area contributed by atoms with E-state index >= 15 is 0 Å². The van der Waals surface area contributed by atoms with E-state index in [1.54, 1.807) is 7.11 Å². The third-order valence-electron chi connectivity index (χ3n) is 4.92. The quantitative estimate of drug-likeness (QED) is 0.778. The Morgan fingerprint density at radius 2 is 1.92 bits per heavy atom. The molecule has 1 aliphatic heterocycles. The van der Waals surface area contributed by atoms with Crippen molar-refractivity contribution < 1.29 is 19.1 Å². The lowest BCUT2D eigenvalue weighted by Gasteiger charge is -2.33. The fourth-order valence-corrected chi connectivity index (χ4v) is 3.48. The Balaban J connectivity index is 1.66. The monoisotopic (exact) mass is 357 g/mol. The van der Waals surface area contributed by atoms with Gasteiger partial charge in [0.25, 0.3) is 0 Å². The molecule has 0 spiro atoms. The molecule has 0 atom stereocenters. The van der Waals surface area contributed by atoms with Gasteiger partial charge in [-0.05, 0) is 48.4 Å². The number of allylic oxidation sites excluding steroid dienone is 1. The van der Waals surface area contributed by atoms with Crippen LogP contribution in [0.1, 0.15) is 11.1 Å². The highest BCUT2D eigenvalue weighted by atomic mass is 19.1. The van der Waals surface area contributed by atoms with Crippen molar-refractivity contribution in [1.29, 1.82) is 0 Å². The van der Waals surface area contributed by atoms with E-state index in [1.165, 1.54) is 17.0 Å². The molecule has 5 heteroatoms. The van der Waals surface area contributed by atoms with Gasteiger partial charge in [0.1, 0.15) is 12.4 Å². The molecule has 0 aliphatic carbocycles. The smallest absolute Gasteiger partial charge is 0.166 e. The van der Waals surface area contributed by atoms with Crippen molar-refractivity contribution in [3.05, 3.63) is 66.0 Å². The lowest BCUT2D eigenvalue weighted by molar-refractivity contribution is -0.914. The summed E-state index contributed by atoms with van der Waals surface area (Å²) in [6.07, 6.45) is 2.60. The number of quaternary nitrogens is 1. The van der Waals surface area contributed by atoms with Gasteiger partial charge in [0.15, 0.2) is 11.5 Å². The number of nitrogens with zero attached hydrogens (tertiary/aromatic N) is 1. The molecule has 2 aromatic carbocycles. The number of benzene rings is 2. The molecule has 0 unspecified atom stereocenters. The van der Waals surface area contributed by atoms with Crippen LogP contribution in [0.4, 0.5) is 10.1 Å². The fraction of sp³-hybridized carbons (Fsp3) is 0.333. The van der Waals surface area contributed by atoms with E-state index in [2.05, 4.69) is 11.5 Å². The van der Waals surface area contributed by atoms with Gasteiger partial charge in [-0.1, -0.05) is 6.08 Å². The van der Waals surface area contributed by atoms with Crippen LogP contribution in [-0.4, -0.2) is 38.4 Å². The first-order valence-corrected chi connectivity index (χ1v) is 8.94. The lowest BCUT2D eigenvalue weighted by atomic mass is 10.0. The molecule has 0 bridgehead atoms. The number of rotatable bonds is 6. The van der Waals surface area contributed by atoms with E-state index in [1.807, 2.05) is 30.3 Å². The first-order chi connectivity index (χ1) is 12.6. The van der Waals surface area contributed by atoms with E-state index in [-0.39, 0.29) is 11.6 Å². The first-order valence-electron chi connectivity index (χ1n) is 8.94. The molecule has 1 aliphatic rings. The molecule has 138 valence electrons. The molecule has 1 saturated heterocycles. The normalized spacial score (nSPS) is 15.1. The third-order valence-corrected chi connectivity index (χ3v) is 4.92. The average molecular weight is 357 g/mol. The van der Waals surface area contributed by atoms with Gasteiger partial charge in [0.05, 0.1) is 38.9 Å². The summed E-state index contributed by atoms with van der Waals surface area (Å²) >= 11 is 0. The highest BCUT2D eigenvalue weighted by Gasteiger charge is 2.22. The van der Waals surface area contributed by atoms with E-state index in [9.17, 15) is 9.50 Å². The van der Waals surface area contributed by atoms with Crippen LogP contribution in [0.15, 0.2) is 49.1 Å². The minimum Gasteiger partial charge on any atom is -0.504 e. The molecule has 1 heterocycles. The molecule has 0 radical (unpaired) electrons. The number of hydrogen-bond donors (Lipinski definition) is 2. The maximum Gasteiger partial charge on any atom is 0.166 e. The minimum absolute atomic E-state index is 0.207. The molecule has 1 fully saturated rings. The SMILES string of the molecule is C=CCc1cc(C[NH+]2CCN(c3ccc(F)cc3)CC2)c(O)c(OC)c1. The fourth-order valence-electron chi connectivity index (χ4n) is 3.48. The molecule has 2 aromatic rings. The third kappa shape index (κ3) is 4.17. The number of methoxy groups -OCH3 is 1. The molecule has 0 aromatic heterocycles. The van der Waals surface area contributed by atoms with Crippen molar-refractivity contribution in [2.24, 2.45) is 0 Å². The molecule has 2 N–H and O–H groups in total. The van der Waals surface area contributed by atoms with Gasteiger partial charge < -0.3 is 19.6 Å². The average Bonchev–Trinajstić information content (AvgIpc) is 2.66. The second kappa shape index (κ2) is 8.23. The van der Waals surface area contributed by atoms with Crippen molar-refractivity contribution in [3.8, 4) is 11.5 Å². The highest BCUT2D eigenvalue weighted by Crippen LogP contribution is 2.31. The number of anilines is 1. The van der Waals surface area contributed by atoms with Gasteiger partial charge >= 0.3 is 0 Å². The number of piperazine rings is 1. The predicted octanol–water partition coefficient (Wildman–Crippen LogP) is 2.17. The molecule has 0 saturated carbocycles. The largest absolute Gasteiger partial charge is 0.504 e. The Hall–Kier alpha value is -2.53. The number of hydrogen-bond acceptors (Lipinski definition) is 3. The molecule has 26 heavy (non-hydrogen) atoms. The summed E-state index contributed by atoms with van der Waals surface area (Å²) in [6, 6.07) is 10.6. The summed E-state index contributed by atoms with van der Waals surface area (Å²) in [5, 5.41) is 10.5. The van der Waals surface area contributed by atoms with Crippen molar-refractivity contribution in [2.75, 3.05) is 38.2 Å². The zero-order chi connectivity index (χ0) is 18.5. The maximum atomic E-state index is 13.1. The van der Waals surface area contributed by atoms with Gasteiger partial charge in [0, 0.05) is 5.69 Å². The number of ether oxygens (including phenoxy) is 1. The topological polar surface area (TPSA) is 37.1 Å². The maximum absolute atomic E-state index is 13.1. The number of phenols is 1. The van der Waals surface area contributed by atoms with E-state index in [0.29, 0.717) is 5.75 Å².